The molecule has 4 nitrogen and oxygen atoms in total. The maximum atomic E-state index is 11.9. The zero-order valence-corrected chi connectivity index (χ0v) is 13.7. The molecule has 1 fully saturated rings. The lowest BCUT2D eigenvalue weighted by atomic mass is 9.86. The van der Waals surface area contributed by atoms with E-state index in [4.69, 9.17) is 4.74 Å². The van der Waals surface area contributed by atoms with Crippen LogP contribution in [-0.4, -0.2) is 32.3 Å². The lowest BCUT2D eigenvalue weighted by molar-refractivity contribution is 0.0557. The van der Waals surface area contributed by atoms with E-state index in [0.29, 0.717) is 19.0 Å². The minimum atomic E-state index is -0.0771. The molecule has 1 heterocycles. The second-order valence-corrected chi connectivity index (χ2v) is 6.97. The summed E-state index contributed by atoms with van der Waals surface area (Å²) in [6, 6.07) is 10.3. The molecule has 0 saturated carbocycles. The molecular formula is C18H28N2O2. The lowest BCUT2D eigenvalue weighted by Crippen LogP contribution is -2.43. The summed E-state index contributed by atoms with van der Waals surface area (Å²) in [4.78, 5) is 11.9. The van der Waals surface area contributed by atoms with Crippen molar-refractivity contribution < 1.29 is 9.53 Å². The van der Waals surface area contributed by atoms with Crippen LogP contribution in [0.25, 0.3) is 0 Å². The zero-order valence-electron chi connectivity index (χ0n) is 13.7. The molecule has 4 heteroatoms. The molecule has 2 amide bonds. The van der Waals surface area contributed by atoms with Gasteiger partial charge in [-0.25, -0.2) is 4.79 Å². The predicted octanol–water partition coefficient (Wildman–Crippen LogP) is 2.98. The normalized spacial score (nSPS) is 18.7. The van der Waals surface area contributed by atoms with Crippen molar-refractivity contribution in [1.29, 1.82) is 0 Å². The van der Waals surface area contributed by atoms with Crippen LogP contribution >= 0.6 is 0 Å². The monoisotopic (exact) mass is 304 g/mol. The molecule has 0 bridgehead atoms. The quantitative estimate of drug-likeness (QED) is 0.849. The largest absolute Gasteiger partial charge is 0.381 e. The highest BCUT2D eigenvalue weighted by Gasteiger charge is 2.20. The summed E-state index contributed by atoms with van der Waals surface area (Å²) in [6.07, 6.45) is 3.18. The fourth-order valence-corrected chi connectivity index (χ4v) is 2.80. The van der Waals surface area contributed by atoms with Crippen molar-refractivity contribution in [3.05, 3.63) is 35.9 Å². The van der Waals surface area contributed by atoms with Crippen LogP contribution in [0.1, 0.15) is 32.3 Å². The van der Waals surface area contributed by atoms with Gasteiger partial charge in [-0.1, -0.05) is 44.2 Å². The van der Waals surface area contributed by atoms with Crippen LogP contribution in [-0.2, 0) is 11.2 Å². The van der Waals surface area contributed by atoms with E-state index < -0.39 is 0 Å². The maximum absolute atomic E-state index is 11.9. The highest BCUT2D eigenvalue weighted by molar-refractivity contribution is 5.73. The minimum absolute atomic E-state index is 0.0344. The smallest absolute Gasteiger partial charge is 0.314 e. The van der Waals surface area contributed by atoms with Gasteiger partial charge in [0, 0.05) is 19.7 Å². The number of carbonyl (C=O) groups excluding carboxylic acids is 1. The standard InChI is InChI=1S/C18H28N2O2/c1-18(2,11-15-7-4-3-5-8-15)14-20-17(21)19-12-16-9-6-10-22-13-16/h3-5,7-8,16H,6,9-14H2,1-2H3,(H2,19,20,21)/t16-/m0/s1. The first-order chi connectivity index (χ1) is 10.6. The minimum Gasteiger partial charge on any atom is -0.381 e. The molecular weight excluding hydrogens is 276 g/mol. The number of urea groups is 1. The van der Waals surface area contributed by atoms with Crippen molar-refractivity contribution in [3.8, 4) is 0 Å². The molecule has 2 rings (SSSR count). The average molecular weight is 304 g/mol. The van der Waals surface area contributed by atoms with Gasteiger partial charge in [0.05, 0.1) is 6.61 Å². The summed E-state index contributed by atoms with van der Waals surface area (Å²) in [6.45, 7) is 7.33. The number of carbonyl (C=O) groups is 1. The van der Waals surface area contributed by atoms with E-state index in [1.165, 1.54) is 5.56 Å². The zero-order chi connectivity index (χ0) is 15.8. The molecule has 0 aromatic heterocycles. The molecule has 1 saturated heterocycles. The highest BCUT2D eigenvalue weighted by Crippen LogP contribution is 2.20. The van der Waals surface area contributed by atoms with E-state index in [0.717, 1.165) is 32.5 Å². The number of hydrogen-bond donors (Lipinski definition) is 2. The summed E-state index contributed by atoms with van der Waals surface area (Å²) in [5.74, 6) is 0.455. The first kappa shape index (κ1) is 16.8. The maximum Gasteiger partial charge on any atom is 0.314 e. The molecule has 22 heavy (non-hydrogen) atoms. The molecule has 0 unspecified atom stereocenters. The second kappa shape index (κ2) is 8.18. The van der Waals surface area contributed by atoms with Crippen molar-refractivity contribution in [2.75, 3.05) is 26.3 Å². The second-order valence-electron chi connectivity index (χ2n) is 6.97. The Balaban J connectivity index is 1.68. The third-order valence-corrected chi connectivity index (χ3v) is 4.06. The molecule has 0 radical (unpaired) electrons. The van der Waals surface area contributed by atoms with Gasteiger partial charge in [-0.3, -0.25) is 0 Å². The fourth-order valence-electron chi connectivity index (χ4n) is 2.80. The Labute approximate surface area is 133 Å². The van der Waals surface area contributed by atoms with Crippen molar-refractivity contribution in [2.45, 2.75) is 33.1 Å². The Kier molecular flexibility index (Phi) is 6.25. The van der Waals surface area contributed by atoms with Gasteiger partial charge in [-0.15, -0.1) is 0 Å². The van der Waals surface area contributed by atoms with Crippen molar-refractivity contribution in [2.24, 2.45) is 11.3 Å². The Bertz CT molecular complexity index is 453. The number of hydrogen-bond acceptors (Lipinski definition) is 2. The topological polar surface area (TPSA) is 50.4 Å². The molecule has 0 spiro atoms. The number of amides is 2. The van der Waals surface area contributed by atoms with E-state index in [9.17, 15) is 4.79 Å². The highest BCUT2D eigenvalue weighted by atomic mass is 16.5. The fraction of sp³-hybridized carbons (Fsp3) is 0.611. The summed E-state index contributed by atoms with van der Waals surface area (Å²) in [5.41, 5.74) is 1.33. The molecule has 0 aliphatic carbocycles. The molecule has 122 valence electrons. The van der Waals surface area contributed by atoms with Crippen LogP contribution in [0.3, 0.4) is 0 Å². The van der Waals surface area contributed by atoms with Gasteiger partial charge < -0.3 is 15.4 Å². The number of ether oxygens (including phenoxy) is 1. The number of rotatable bonds is 6. The van der Waals surface area contributed by atoms with E-state index in [2.05, 4.69) is 48.7 Å². The van der Waals surface area contributed by atoms with E-state index in [1.54, 1.807) is 0 Å². The Morgan fingerprint density at radius 2 is 2.05 bits per heavy atom. The van der Waals surface area contributed by atoms with E-state index in [-0.39, 0.29) is 11.4 Å². The van der Waals surface area contributed by atoms with E-state index >= 15 is 0 Å². The van der Waals surface area contributed by atoms with E-state index in [1.807, 2.05) is 6.07 Å². The van der Waals surface area contributed by atoms with Crippen molar-refractivity contribution >= 4 is 6.03 Å². The van der Waals surface area contributed by atoms with Gasteiger partial charge in [0.1, 0.15) is 0 Å². The third kappa shape index (κ3) is 6.06. The van der Waals surface area contributed by atoms with Crippen LogP contribution in [0.15, 0.2) is 30.3 Å². The number of nitrogens with one attached hydrogen (secondary N) is 2. The molecule has 1 aliphatic heterocycles. The number of benzene rings is 1. The van der Waals surface area contributed by atoms with Gasteiger partial charge >= 0.3 is 6.03 Å². The molecule has 1 aromatic rings. The molecule has 2 N–H and O–H groups in total. The third-order valence-electron chi connectivity index (χ3n) is 4.06. The van der Waals surface area contributed by atoms with Gasteiger partial charge in [0.15, 0.2) is 0 Å². The van der Waals surface area contributed by atoms with Crippen LogP contribution < -0.4 is 10.6 Å². The first-order valence-electron chi connectivity index (χ1n) is 8.18. The van der Waals surface area contributed by atoms with Crippen LogP contribution in [0, 0.1) is 11.3 Å². The summed E-state index contributed by atoms with van der Waals surface area (Å²) < 4.78 is 5.42. The van der Waals surface area contributed by atoms with Crippen molar-refractivity contribution in [3.63, 3.8) is 0 Å². The van der Waals surface area contributed by atoms with Gasteiger partial charge in [-0.2, -0.15) is 0 Å². The van der Waals surface area contributed by atoms with Crippen LogP contribution in [0.2, 0.25) is 0 Å². The molecule has 1 atom stereocenters. The van der Waals surface area contributed by atoms with Crippen LogP contribution in [0.5, 0.6) is 0 Å². The summed E-state index contributed by atoms with van der Waals surface area (Å²) in [7, 11) is 0. The SMILES string of the molecule is CC(C)(CNC(=O)NC[C@@H]1CCCOC1)Cc1ccccc1. The Morgan fingerprint density at radius 3 is 2.73 bits per heavy atom. The molecule has 1 aromatic carbocycles. The average Bonchev–Trinajstić information content (AvgIpc) is 2.53. The van der Waals surface area contributed by atoms with Gasteiger partial charge in [0.2, 0.25) is 0 Å². The molecule has 1 aliphatic rings. The Morgan fingerprint density at radius 1 is 1.27 bits per heavy atom. The Hall–Kier alpha value is -1.55. The van der Waals surface area contributed by atoms with Crippen LogP contribution in [0.4, 0.5) is 4.79 Å². The van der Waals surface area contributed by atoms with Crippen molar-refractivity contribution in [1.82, 2.24) is 10.6 Å². The summed E-state index contributed by atoms with van der Waals surface area (Å²) in [5, 5.41) is 5.95. The predicted molar refractivity (Wildman–Crippen MR) is 88.9 cm³/mol. The lowest BCUT2D eigenvalue weighted by Gasteiger charge is -2.26. The van der Waals surface area contributed by atoms with Gasteiger partial charge in [-0.05, 0) is 36.2 Å². The summed E-state index contributed by atoms with van der Waals surface area (Å²) >= 11 is 0. The first-order valence-corrected chi connectivity index (χ1v) is 8.18. The van der Waals surface area contributed by atoms with Gasteiger partial charge in [0.25, 0.3) is 0 Å².